The number of benzene rings is 1. The van der Waals surface area contributed by atoms with Crippen LogP contribution in [0.3, 0.4) is 0 Å². The van der Waals surface area contributed by atoms with E-state index < -0.39 is 29.2 Å². The molecule has 0 saturated carbocycles. The van der Waals surface area contributed by atoms with E-state index in [1.807, 2.05) is 0 Å². The molecule has 1 atom stereocenters. The third-order valence-corrected chi connectivity index (χ3v) is 3.76. The topological polar surface area (TPSA) is 70.2 Å². The number of amides is 3. The van der Waals surface area contributed by atoms with Gasteiger partial charge < -0.3 is 16.0 Å². The van der Waals surface area contributed by atoms with Crippen LogP contribution in [0.25, 0.3) is 0 Å². The molecule has 1 saturated heterocycles. The van der Waals surface area contributed by atoms with E-state index >= 15 is 0 Å². The Kier molecular flexibility index (Phi) is 4.53. The van der Waals surface area contributed by atoms with Crippen LogP contribution in [0.15, 0.2) is 24.3 Å². The summed E-state index contributed by atoms with van der Waals surface area (Å²) in [4.78, 5) is 23.0. The molecule has 8 heteroatoms. The van der Waals surface area contributed by atoms with Gasteiger partial charge in [0.25, 0.3) is 0 Å². The highest BCUT2D eigenvalue weighted by Gasteiger charge is 2.33. The summed E-state index contributed by atoms with van der Waals surface area (Å²) < 4.78 is 38.4. The number of halogens is 3. The second-order valence-electron chi connectivity index (χ2n) is 6.09. The smallest absolute Gasteiger partial charge is 0.353 e. The fourth-order valence-electron chi connectivity index (χ4n) is 2.26. The Morgan fingerprint density at radius 2 is 1.96 bits per heavy atom. The van der Waals surface area contributed by atoms with Gasteiger partial charge in [0.1, 0.15) is 6.04 Å². The molecule has 1 aliphatic rings. The number of hydrogen-bond acceptors (Lipinski definition) is 2. The molecule has 1 aromatic rings. The van der Waals surface area contributed by atoms with Gasteiger partial charge in [-0.1, -0.05) is 32.0 Å². The summed E-state index contributed by atoms with van der Waals surface area (Å²) in [6.07, 6.45) is -4.41. The zero-order valence-electron chi connectivity index (χ0n) is 12.8. The van der Waals surface area contributed by atoms with Gasteiger partial charge in [0.15, 0.2) is 0 Å². The maximum absolute atomic E-state index is 12.8. The largest absolute Gasteiger partial charge is 0.416 e. The van der Waals surface area contributed by atoms with Crippen molar-refractivity contribution in [2.24, 2.45) is 0 Å². The Morgan fingerprint density at radius 1 is 1.30 bits per heavy atom. The van der Waals surface area contributed by atoms with Crippen LogP contribution >= 0.6 is 0 Å². The molecule has 23 heavy (non-hydrogen) atoms. The van der Waals surface area contributed by atoms with Crippen molar-refractivity contribution in [1.29, 1.82) is 0 Å². The monoisotopic (exact) mass is 329 g/mol. The van der Waals surface area contributed by atoms with Gasteiger partial charge in [-0.25, -0.2) is 4.79 Å². The van der Waals surface area contributed by atoms with Crippen molar-refractivity contribution in [2.45, 2.75) is 31.5 Å². The molecule has 1 heterocycles. The van der Waals surface area contributed by atoms with Gasteiger partial charge in [-0.2, -0.15) is 13.2 Å². The summed E-state index contributed by atoms with van der Waals surface area (Å²) in [6.45, 7) is 3.83. The Morgan fingerprint density at radius 3 is 2.52 bits per heavy atom. The number of rotatable bonds is 4. The van der Waals surface area contributed by atoms with Crippen molar-refractivity contribution in [3.63, 3.8) is 0 Å². The molecule has 0 aromatic heterocycles. The molecule has 3 amide bonds. The average Bonchev–Trinajstić information content (AvgIpc) is 2.91. The second kappa shape index (κ2) is 6.10. The zero-order valence-corrected chi connectivity index (χ0v) is 12.8. The lowest BCUT2D eigenvalue weighted by atomic mass is 9.83. The number of nitrogens with one attached hydrogen (secondary N) is 3. The number of urea groups is 1. The van der Waals surface area contributed by atoms with E-state index in [0.717, 1.165) is 12.1 Å². The molecule has 0 bridgehead atoms. The first-order chi connectivity index (χ1) is 10.6. The Hall–Kier alpha value is -2.25. The molecule has 1 aromatic carbocycles. The minimum absolute atomic E-state index is 0.152. The molecule has 1 aliphatic heterocycles. The van der Waals surface area contributed by atoms with E-state index in [1.54, 1.807) is 19.9 Å². The molecule has 126 valence electrons. The van der Waals surface area contributed by atoms with Crippen LogP contribution in [0, 0.1) is 0 Å². The SMILES string of the molecule is CC(C)(CNC(=O)C1CNC(=O)N1)c1cccc(C(F)(F)F)c1. The van der Waals surface area contributed by atoms with Crippen LogP contribution in [-0.2, 0) is 16.4 Å². The van der Waals surface area contributed by atoms with Crippen LogP contribution in [0.5, 0.6) is 0 Å². The number of carbonyl (C=O) groups is 2. The molecule has 3 N–H and O–H groups in total. The van der Waals surface area contributed by atoms with Gasteiger partial charge in [-0.3, -0.25) is 4.79 Å². The molecule has 5 nitrogen and oxygen atoms in total. The maximum Gasteiger partial charge on any atom is 0.416 e. The maximum atomic E-state index is 12.8. The van der Waals surface area contributed by atoms with E-state index in [-0.39, 0.29) is 19.0 Å². The Bertz CT molecular complexity index is 614. The molecule has 0 spiro atoms. The first kappa shape index (κ1) is 17.1. The summed E-state index contributed by atoms with van der Waals surface area (Å²) in [6, 6.07) is 3.97. The van der Waals surface area contributed by atoms with Gasteiger partial charge in [0, 0.05) is 18.5 Å². The quantitative estimate of drug-likeness (QED) is 0.788. The second-order valence-corrected chi connectivity index (χ2v) is 6.09. The van der Waals surface area contributed by atoms with Crippen LogP contribution in [0.1, 0.15) is 25.0 Å². The fraction of sp³-hybridized carbons (Fsp3) is 0.467. The highest BCUT2D eigenvalue weighted by atomic mass is 19.4. The Labute approximate surface area is 131 Å². The van der Waals surface area contributed by atoms with Gasteiger partial charge in [-0.15, -0.1) is 0 Å². The summed E-state index contributed by atoms with van der Waals surface area (Å²) in [5.74, 6) is -0.372. The van der Waals surface area contributed by atoms with E-state index in [4.69, 9.17) is 0 Å². The highest BCUT2D eigenvalue weighted by molar-refractivity contribution is 5.90. The Balaban J connectivity index is 2.04. The standard InChI is InChI=1S/C15H18F3N3O2/c1-14(2,8-20-12(22)11-7-19-13(23)21-11)9-4-3-5-10(6-9)15(16,17)18/h3-6,11H,7-8H2,1-2H3,(H,20,22)(H2,19,21,23). The van der Waals surface area contributed by atoms with Crippen molar-refractivity contribution in [3.8, 4) is 0 Å². The lowest BCUT2D eigenvalue weighted by Gasteiger charge is -2.27. The van der Waals surface area contributed by atoms with Crippen LogP contribution in [0.2, 0.25) is 0 Å². The van der Waals surface area contributed by atoms with Crippen LogP contribution in [-0.4, -0.2) is 31.1 Å². The number of hydrogen-bond donors (Lipinski definition) is 3. The average molecular weight is 329 g/mol. The van der Waals surface area contributed by atoms with Crippen molar-refractivity contribution >= 4 is 11.9 Å². The summed E-state index contributed by atoms with van der Waals surface area (Å²) >= 11 is 0. The molecular weight excluding hydrogens is 311 g/mol. The minimum Gasteiger partial charge on any atom is -0.353 e. The summed E-state index contributed by atoms with van der Waals surface area (Å²) in [7, 11) is 0. The lowest BCUT2D eigenvalue weighted by molar-refractivity contribution is -0.137. The molecule has 1 fully saturated rings. The van der Waals surface area contributed by atoms with Crippen molar-refractivity contribution in [1.82, 2.24) is 16.0 Å². The molecule has 2 rings (SSSR count). The number of alkyl halides is 3. The molecule has 1 unspecified atom stereocenters. The first-order valence-electron chi connectivity index (χ1n) is 7.09. The summed E-state index contributed by atoms with van der Waals surface area (Å²) in [5, 5.41) is 7.58. The normalized spacial score (nSPS) is 18.3. The highest BCUT2D eigenvalue weighted by Crippen LogP contribution is 2.32. The minimum atomic E-state index is -4.41. The van der Waals surface area contributed by atoms with E-state index in [9.17, 15) is 22.8 Å². The number of carbonyl (C=O) groups excluding carboxylic acids is 2. The van der Waals surface area contributed by atoms with Gasteiger partial charge in [-0.05, 0) is 11.6 Å². The van der Waals surface area contributed by atoms with Gasteiger partial charge in [0.05, 0.1) is 5.56 Å². The van der Waals surface area contributed by atoms with Crippen molar-refractivity contribution < 1.29 is 22.8 Å². The van der Waals surface area contributed by atoms with Crippen molar-refractivity contribution in [3.05, 3.63) is 35.4 Å². The molecule has 0 aliphatic carbocycles. The molecular formula is C15H18F3N3O2. The predicted octanol–water partition coefficient (Wildman–Crippen LogP) is 1.78. The van der Waals surface area contributed by atoms with Gasteiger partial charge >= 0.3 is 12.2 Å². The lowest BCUT2D eigenvalue weighted by Crippen LogP contribution is -2.46. The summed E-state index contributed by atoms with van der Waals surface area (Å²) in [5.41, 5.74) is -0.935. The van der Waals surface area contributed by atoms with E-state index in [1.165, 1.54) is 6.07 Å². The van der Waals surface area contributed by atoms with E-state index in [0.29, 0.717) is 5.56 Å². The van der Waals surface area contributed by atoms with Crippen molar-refractivity contribution in [2.75, 3.05) is 13.1 Å². The van der Waals surface area contributed by atoms with E-state index in [2.05, 4.69) is 16.0 Å². The van der Waals surface area contributed by atoms with Gasteiger partial charge in [0.2, 0.25) is 5.91 Å². The third-order valence-electron chi connectivity index (χ3n) is 3.76. The van der Waals surface area contributed by atoms with Crippen LogP contribution < -0.4 is 16.0 Å². The molecule has 0 radical (unpaired) electrons. The fourth-order valence-corrected chi connectivity index (χ4v) is 2.26. The first-order valence-corrected chi connectivity index (χ1v) is 7.09. The zero-order chi connectivity index (χ0) is 17.3. The third kappa shape index (κ3) is 4.14. The van der Waals surface area contributed by atoms with Crippen LogP contribution in [0.4, 0.5) is 18.0 Å². The predicted molar refractivity (Wildman–Crippen MR) is 77.8 cm³/mol.